The summed E-state index contributed by atoms with van der Waals surface area (Å²) in [5.41, 5.74) is 2.67. The molecule has 0 bridgehead atoms. The number of Topliss-reactive ketones (excluding diaryl/α,β-unsaturated/α-hetero) is 1. The molecule has 2 aromatic carbocycles. The van der Waals surface area contributed by atoms with Gasteiger partial charge in [0.2, 0.25) is 0 Å². The number of hydrogen-bond donors (Lipinski definition) is 2. The number of hydrogen-bond acceptors (Lipinski definition) is 3. The van der Waals surface area contributed by atoms with Crippen LogP contribution in [-0.2, 0) is 4.79 Å². The van der Waals surface area contributed by atoms with E-state index < -0.39 is 0 Å². The van der Waals surface area contributed by atoms with E-state index in [9.17, 15) is 4.79 Å². The zero-order valence-electron chi connectivity index (χ0n) is 13.8. The Kier molecular flexibility index (Phi) is 4.46. The Morgan fingerprint density at radius 1 is 0.708 bits per heavy atom. The Morgan fingerprint density at radius 2 is 1.12 bits per heavy atom. The van der Waals surface area contributed by atoms with Crippen LogP contribution in [0.3, 0.4) is 0 Å². The minimum absolute atomic E-state index is 0.0118. The van der Waals surface area contributed by atoms with Gasteiger partial charge in [0.15, 0.2) is 5.78 Å². The van der Waals surface area contributed by atoms with E-state index in [2.05, 4.69) is 59.2 Å². The van der Waals surface area contributed by atoms with Gasteiger partial charge in [-0.05, 0) is 35.8 Å². The van der Waals surface area contributed by atoms with E-state index >= 15 is 0 Å². The molecule has 0 amide bonds. The maximum Gasteiger partial charge on any atom is 0.166 e. The highest BCUT2D eigenvalue weighted by molar-refractivity contribution is 5.90. The first-order valence-electron chi connectivity index (χ1n) is 8.91. The number of benzene rings is 2. The van der Waals surface area contributed by atoms with Crippen LogP contribution in [0, 0.1) is 0 Å². The van der Waals surface area contributed by atoms with Crippen LogP contribution in [0.1, 0.15) is 35.8 Å². The van der Waals surface area contributed by atoms with Crippen molar-refractivity contribution in [2.45, 2.75) is 36.8 Å². The summed E-state index contributed by atoms with van der Waals surface area (Å²) < 4.78 is 0. The molecule has 0 radical (unpaired) electrons. The Morgan fingerprint density at radius 3 is 1.54 bits per heavy atom. The summed E-state index contributed by atoms with van der Waals surface area (Å²) in [5.74, 6) is 1.24. The Hall–Kier alpha value is -1.97. The van der Waals surface area contributed by atoms with Gasteiger partial charge in [0.25, 0.3) is 0 Å². The Labute approximate surface area is 143 Å². The molecule has 2 aliphatic heterocycles. The van der Waals surface area contributed by atoms with Crippen LogP contribution in [-0.4, -0.2) is 31.0 Å². The van der Waals surface area contributed by atoms with Crippen molar-refractivity contribution >= 4 is 5.78 Å². The van der Waals surface area contributed by atoms with Crippen molar-refractivity contribution in [3.05, 3.63) is 71.8 Å². The highest BCUT2D eigenvalue weighted by Crippen LogP contribution is 2.30. The molecule has 3 heteroatoms. The zero-order valence-corrected chi connectivity index (χ0v) is 13.8. The molecular weight excluding hydrogens is 296 g/mol. The van der Waals surface area contributed by atoms with Gasteiger partial charge in [-0.3, -0.25) is 4.79 Å². The lowest BCUT2D eigenvalue weighted by Gasteiger charge is -2.15. The first kappa shape index (κ1) is 15.6. The summed E-state index contributed by atoms with van der Waals surface area (Å²) in [5, 5.41) is 6.89. The molecule has 2 aliphatic rings. The van der Waals surface area contributed by atoms with Gasteiger partial charge in [-0.1, -0.05) is 60.7 Å². The average molecular weight is 320 g/mol. The number of carbonyl (C=O) groups is 1. The molecule has 24 heavy (non-hydrogen) atoms. The van der Waals surface area contributed by atoms with Crippen LogP contribution in [0.25, 0.3) is 0 Å². The van der Waals surface area contributed by atoms with E-state index in [1.165, 1.54) is 11.1 Å². The third-order valence-corrected chi connectivity index (χ3v) is 5.49. The van der Waals surface area contributed by atoms with Gasteiger partial charge < -0.3 is 10.6 Å². The first-order chi connectivity index (χ1) is 11.8. The lowest BCUT2D eigenvalue weighted by molar-refractivity contribution is -0.122. The van der Waals surface area contributed by atoms with Gasteiger partial charge in [0.05, 0.1) is 12.1 Å². The molecule has 3 nitrogen and oxygen atoms in total. The largest absolute Gasteiger partial charge is 0.307 e. The molecule has 2 N–H and O–H groups in total. The van der Waals surface area contributed by atoms with Gasteiger partial charge in [-0.15, -0.1) is 0 Å². The summed E-state index contributed by atoms with van der Waals surface area (Å²) in [4.78, 5) is 12.9. The van der Waals surface area contributed by atoms with E-state index in [-0.39, 0.29) is 12.1 Å². The minimum atomic E-state index is -0.0118. The zero-order chi connectivity index (χ0) is 16.4. The second-order valence-electron chi connectivity index (χ2n) is 7.01. The normalized spacial score (nSPS) is 29.7. The van der Waals surface area contributed by atoms with Crippen molar-refractivity contribution in [1.29, 1.82) is 0 Å². The standard InChI is InChI=1S/C21H24N2O/c24-21(19-11-17(13-22-19)15-7-3-1-4-8-15)20-12-18(14-23-20)16-9-5-2-6-10-16/h1-10,17-20,22-23H,11-14H2. The second-order valence-corrected chi connectivity index (χ2v) is 7.01. The average Bonchev–Trinajstić information content (AvgIpc) is 3.33. The van der Waals surface area contributed by atoms with Crippen LogP contribution < -0.4 is 10.6 Å². The van der Waals surface area contributed by atoms with Crippen LogP contribution in [0.4, 0.5) is 0 Å². The maximum atomic E-state index is 12.9. The minimum Gasteiger partial charge on any atom is -0.307 e. The summed E-state index contributed by atoms with van der Waals surface area (Å²) >= 11 is 0. The summed E-state index contributed by atoms with van der Waals surface area (Å²) in [6, 6.07) is 21.0. The highest BCUT2D eigenvalue weighted by Gasteiger charge is 2.37. The van der Waals surface area contributed by atoms with E-state index in [4.69, 9.17) is 0 Å². The predicted molar refractivity (Wildman–Crippen MR) is 96.2 cm³/mol. The summed E-state index contributed by atoms with van der Waals surface area (Å²) in [6.07, 6.45) is 1.83. The Balaban J connectivity index is 1.37. The van der Waals surface area contributed by atoms with E-state index in [1.54, 1.807) is 0 Å². The third-order valence-electron chi connectivity index (χ3n) is 5.49. The number of carbonyl (C=O) groups excluding carboxylic acids is 1. The molecule has 2 fully saturated rings. The summed E-state index contributed by atoms with van der Waals surface area (Å²) in [7, 11) is 0. The topological polar surface area (TPSA) is 41.1 Å². The van der Waals surface area contributed by atoms with Gasteiger partial charge in [0, 0.05) is 13.1 Å². The van der Waals surface area contributed by atoms with Crippen molar-refractivity contribution in [2.24, 2.45) is 0 Å². The van der Waals surface area contributed by atoms with Crippen LogP contribution in [0.15, 0.2) is 60.7 Å². The highest BCUT2D eigenvalue weighted by atomic mass is 16.1. The SMILES string of the molecule is O=C(C1CC(c2ccccc2)CN1)C1CC(c2ccccc2)CN1. The van der Waals surface area contributed by atoms with Crippen molar-refractivity contribution in [3.63, 3.8) is 0 Å². The van der Waals surface area contributed by atoms with E-state index in [1.807, 2.05) is 12.1 Å². The van der Waals surface area contributed by atoms with Crippen LogP contribution in [0.5, 0.6) is 0 Å². The molecule has 0 aromatic heterocycles. The Bertz CT molecular complexity index is 626. The van der Waals surface area contributed by atoms with E-state index in [0.29, 0.717) is 17.6 Å². The van der Waals surface area contributed by atoms with Crippen molar-refractivity contribution in [2.75, 3.05) is 13.1 Å². The fraction of sp³-hybridized carbons (Fsp3) is 0.381. The molecule has 4 rings (SSSR count). The molecule has 0 saturated carbocycles. The van der Waals surface area contributed by atoms with Gasteiger partial charge in [0.1, 0.15) is 0 Å². The number of ketones is 1. The molecule has 2 heterocycles. The molecular formula is C21H24N2O. The van der Waals surface area contributed by atoms with E-state index in [0.717, 1.165) is 25.9 Å². The lowest BCUT2D eigenvalue weighted by atomic mass is 9.91. The molecule has 0 spiro atoms. The molecule has 4 atom stereocenters. The van der Waals surface area contributed by atoms with Crippen LogP contribution >= 0.6 is 0 Å². The smallest absolute Gasteiger partial charge is 0.166 e. The first-order valence-corrected chi connectivity index (χ1v) is 8.91. The quantitative estimate of drug-likeness (QED) is 0.910. The number of rotatable bonds is 4. The monoisotopic (exact) mass is 320 g/mol. The third kappa shape index (κ3) is 3.14. The van der Waals surface area contributed by atoms with Gasteiger partial charge in [-0.25, -0.2) is 0 Å². The van der Waals surface area contributed by atoms with Crippen molar-refractivity contribution in [1.82, 2.24) is 10.6 Å². The lowest BCUT2D eigenvalue weighted by Crippen LogP contribution is -2.42. The maximum absolute atomic E-state index is 12.9. The van der Waals surface area contributed by atoms with Crippen molar-refractivity contribution in [3.8, 4) is 0 Å². The van der Waals surface area contributed by atoms with Crippen LogP contribution in [0.2, 0.25) is 0 Å². The van der Waals surface area contributed by atoms with Gasteiger partial charge >= 0.3 is 0 Å². The molecule has 124 valence electrons. The fourth-order valence-electron chi connectivity index (χ4n) is 4.11. The molecule has 4 unspecified atom stereocenters. The second kappa shape index (κ2) is 6.88. The molecule has 2 saturated heterocycles. The molecule has 0 aliphatic carbocycles. The van der Waals surface area contributed by atoms with Gasteiger partial charge in [-0.2, -0.15) is 0 Å². The van der Waals surface area contributed by atoms with Crippen molar-refractivity contribution < 1.29 is 4.79 Å². The predicted octanol–water partition coefficient (Wildman–Crippen LogP) is 2.85. The number of nitrogens with one attached hydrogen (secondary N) is 2. The summed E-state index contributed by atoms with van der Waals surface area (Å²) in [6.45, 7) is 1.80. The fourth-order valence-corrected chi connectivity index (χ4v) is 4.11. The molecule has 2 aromatic rings.